The number of aliphatic carboxylic acids is 1. The van der Waals surface area contributed by atoms with Crippen LogP contribution >= 0.6 is 0 Å². The number of nitrogens with one attached hydrogen (secondary N) is 1. The number of carbonyl (C=O) groups is 1. The van der Waals surface area contributed by atoms with Gasteiger partial charge < -0.3 is 20.6 Å². The minimum absolute atomic E-state index is 0.393. The van der Waals surface area contributed by atoms with Gasteiger partial charge in [0.2, 0.25) is 0 Å². The van der Waals surface area contributed by atoms with Crippen molar-refractivity contribution in [3.8, 4) is 0 Å². The highest BCUT2D eigenvalue weighted by Crippen LogP contribution is 2.19. The average molecular weight is 217 g/mol. The van der Waals surface area contributed by atoms with Crippen LogP contribution in [0.15, 0.2) is 30.5 Å². The minimum Gasteiger partial charge on any atom is -0.548 e. The van der Waals surface area contributed by atoms with Crippen LogP contribution in [-0.2, 0) is 11.2 Å². The predicted molar refractivity (Wildman–Crippen MR) is 59.6 cm³/mol. The summed E-state index contributed by atoms with van der Waals surface area (Å²) in [6.45, 7) is 0. The Kier molecular flexibility index (Phi) is 2.92. The molecule has 1 atom stereocenters. The number of H-pyrrole nitrogens is 1. The second-order valence-corrected chi connectivity index (χ2v) is 3.82. The number of benzene rings is 1. The van der Waals surface area contributed by atoms with Gasteiger partial charge in [0.05, 0.1) is 5.97 Å². The molecule has 0 aliphatic carbocycles. The second kappa shape index (κ2) is 4.37. The van der Waals surface area contributed by atoms with E-state index < -0.39 is 12.0 Å². The van der Waals surface area contributed by atoms with Crippen molar-refractivity contribution in [1.29, 1.82) is 0 Å². The lowest BCUT2D eigenvalue weighted by molar-refractivity contribution is -0.307. The molecule has 0 bridgehead atoms. The molecule has 1 heterocycles. The summed E-state index contributed by atoms with van der Waals surface area (Å²) in [4.78, 5) is 13.6. The Hall–Kier alpha value is -1.81. The lowest BCUT2D eigenvalue weighted by Gasteiger charge is -2.11. The Morgan fingerprint density at radius 3 is 2.94 bits per heavy atom. The molecule has 1 aromatic heterocycles. The number of carboxylic acids is 1. The third-order valence-electron chi connectivity index (χ3n) is 2.70. The second-order valence-electron chi connectivity index (χ2n) is 3.82. The molecular weight excluding hydrogens is 204 g/mol. The first kappa shape index (κ1) is 10.7. The van der Waals surface area contributed by atoms with E-state index in [4.69, 9.17) is 5.73 Å². The van der Waals surface area contributed by atoms with Gasteiger partial charge in [0.15, 0.2) is 0 Å². The summed E-state index contributed by atoms with van der Waals surface area (Å²) in [5.41, 5.74) is 7.55. The first-order valence-electron chi connectivity index (χ1n) is 5.20. The highest BCUT2D eigenvalue weighted by atomic mass is 16.4. The van der Waals surface area contributed by atoms with E-state index in [0.29, 0.717) is 12.8 Å². The molecule has 0 aliphatic rings. The van der Waals surface area contributed by atoms with E-state index >= 15 is 0 Å². The molecular formula is C12H13N2O2-. The number of aryl methyl sites for hydroxylation is 1. The van der Waals surface area contributed by atoms with Crippen LogP contribution in [0.5, 0.6) is 0 Å². The van der Waals surface area contributed by atoms with Gasteiger partial charge in [-0.3, -0.25) is 0 Å². The number of para-hydroxylation sites is 1. The quantitative estimate of drug-likeness (QED) is 0.766. The fourth-order valence-corrected chi connectivity index (χ4v) is 1.77. The Morgan fingerprint density at radius 1 is 1.44 bits per heavy atom. The number of nitrogens with two attached hydrogens (primary N) is 1. The van der Waals surface area contributed by atoms with Gasteiger partial charge in [-0.1, -0.05) is 18.2 Å². The van der Waals surface area contributed by atoms with Crippen molar-refractivity contribution in [1.82, 2.24) is 4.98 Å². The molecule has 0 saturated carbocycles. The van der Waals surface area contributed by atoms with Gasteiger partial charge in [-0.25, -0.2) is 0 Å². The third-order valence-corrected chi connectivity index (χ3v) is 2.70. The molecule has 0 radical (unpaired) electrons. The number of fused-ring (bicyclic) bond motifs is 1. The summed E-state index contributed by atoms with van der Waals surface area (Å²) < 4.78 is 0. The fraction of sp³-hybridized carbons (Fsp3) is 0.250. The van der Waals surface area contributed by atoms with Crippen LogP contribution in [0.3, 0.4) is 0 Å². The van der Waals surface area contributed by atoms with Crippen molar-refractivity contribution in [3.05, 3.63) is 36.0 Å². The molecule has 1 aromatic carbocycles. The van der Waals surface area contributed by atoms with Crippen LogP contribution in [0, 0.1) is 0 Å². The normalized spacial score (nSPS) is 12.8. The van der Waals surface area contributed by atoms with Crippen LogP contribution < -0.4 is 10.8 Å². The summed E-state index contributed by atoms with van der Waals surface area (Å²) >= 11 is 0. The number of hydrogen-bond donors (Lipinski definition) is 2. The van der Waals surface area contributed by atoms with Crippen molar-refractivity contribution in [2.24, 2.45) is 5.73 Å². The lowest BCUT2D eigenvalue weighted by Crippen LogP contribution is -2.42. The van der Waals surface area contributed by atoms with Gasteiger partial charge in [0.1, 0.15) is 0 Å². The van der Waals surface area contributed by atoms with Crippen molar-refractivity contribution in [3.63, 3.8) is 0 Å². The molecule has 4 heteroatoms. The number of aromatic nitrogens is 1. The Labute approximate surface area is 93.1 Å². The lowest BCUT2D eigenvalue weighted by atomic mass is 10.1. The molecule has 0 spiro atoms. The Bertz CT molecular complexity index is 504. The molecule has 0 unspecified atom stereocenters. The van der Waals surface area contributed by atoms with Crippen LogP contribution in [0.4, 0.5) is 0 Å². The van der Waals surface area contributed by atoms with E-state index in [-0.39, 0.29) is 0 Å². The van der Waals surface area contributed by atoms with Crippen molar-refractivity contribution >= 4 is 16.9 Å². The molecule has 0 amide bonds. The summed E-state index contributed by atoms with van der Waals surface area (Å²) in [6.07, 6.45) is 2.93. The molecule has 0 saturated heterocycles. The molecule has 0 fully saturated rings. The highest BCUT2D eigenvalue weighted by Gasteiger charge is 2.07. The zero-order valence-corrected chi connectivity index (χ0v) is 8.77. The maximum Gasteiger partial charge on any atom is 0.0582 e. The number of hydrogen-bond acceptors (Lipinski definition) is 3. The van der Waals surface area contributed by atoms with Crippen LogP contribution in [0.1, 0.15) is 12.0 Å². The van der Waals surface area contributed by atoms with Gasteiger partial charge in [-0.05, 0) is 24.5 Å². The van der Waals surface area contributed by atoms with Crippen molar-refractivity contribution in [2.75, 3.05) is 0 Å². The zero-order valence-electron chi connectivity index (χ0n) is 8.77. The minimum atomic E-state index is -1.19. The Balaban J connectivity index is 2.13. The van der Waals surface area contributed by atoms with E-state index in [2.05, 4.69) is 4.98 Å². The summed E-state index contributed by atoms with van der Waals surface area (Å²) in [5.74, 6) is -1.19. The van der Waals surface area contributed by atoms with Gasteiger partial charge >= 0.3 is 0 Å². The van der Waals surface area contributed by atoms with E-state index in [0.717, 1.165) is 16.5 Å². The maximum absolute atomic E-state index is 10.5. The molecule has 3 N–H and O–H groups in total. The van der Waals surface area contributed by atoms with Crippen LogP contribution in [-0.4, -0.2) is 17.0 Å². The predicted octanol–water partition coefficient (Wildman–Crippen LogP) is 0.178. The average Bonchev–Trinajstić information content (AvgIpc) is 2.69. The van der Waals surface area contributed by atoms with E-state index in [1.165, 1.54) is 0 Å². The van der Waals surface area contributed by atoms with E-state index in [1.807, 2.05) is 30.5 Å². The smallest absolute Gasteiger partial charge is 0.0582 e. The SMILES string of the molecule is N[C@H](CCc1c[nH]c2ccccc12)C(=O)[O-]. The number of carboxylic acid groups (broad SMARTS) is 1. The van der Waals surface area contributed by atoms with E-state index in [9.17, 15) is 9.90 Å². The van der Waals surface area contributed by atoms with Crippen molar-refractivity contribution < 1.29 is 9.90 Å². The van der Waals surface area contributed by atoms with Crippen molar-refractivity contribution in [2.45, 2.75) is 18.9 Å². The van der Waals surface area contributed by atoms with Gasteiger partial charge in [-0.15, -0.1) is 0 Å². The van der Waals surface area contributed by atoms with Gasteiger partial charge in [0, 0.05) is 23.1 Å². The number of aromatic amines is 1. The van der Waals surface area contributed by atoms with Gasteiger partial charge in [-0.2, -0.15) is 0 Å². The first-order chi connectivity index (χ1) is 7.68. The summed E-state index contributed by atoms with van der Waals surface area (Å²) in [5, 5.41) is 11.6. The topological polar surface area (TPSA) is 81.9 Å². The maximum atomic E-state index is 10.5. The fourth-order valence-electron chi connectivity index (χ4n) is 1.77. The molecule has 84 valence electrons. The molecule has 4 nitrogen and oxygen atoms in total. The largest absolute Gasteiger partial charge is 0.548 e. The molecule has 2 aromatic rings. The molecule has 16 heavy (non-hydrogen) atoms. The highest BCUT2D eigenvalue weighted by molar-refractivity contribution is 5.83. The number of rotatable bonds is 4. The molecule has 0 aliphatic heterocycles. The molecule has 2 rings (SSSR count). The summed E-state index contributed by atoms with van der Waals surface area (Å²) in [7, 11) is 0. The van der Waals surface area contributed by atoms with Crippen LogP contribution in [0.25, 0.3) is 10.9 Å². The summed E-state index contributed by atoms with van der Waals surface area (Å²) in [6, 6.07) is 7.01. The standard InChI is InChI=1S/C12H14N2O2/c13-10(12(15)16)6-5-8-7-14-11-4-2-1-3-9(8)11/h1-4,7,10,14H,5-6,13H2,(H,15,16)/p-1/t10-/m1/s1. The third kappa shape index (κ3) is 2.06. The van der Waals surface area contributed by atoms with Crippen LogP contribution in [0.2, 0.25) is 0 Å². The Morgan fingerprint density at radius 2 is 2.19 bits per heavy atom. The van der Waals surface area contributed by atoms with Gasteiger partial charge in [0.25, 0.3) is 0 Å². The monoisotopic (exact) mass is 217 g/mol. The zero-order chi connectivity index (χ0) is 11.5. The van der Waals surface area contributed by atoms with E-state index in [1.54, 1.807) is 0 Å². The number of carbonyl (C=O) groups excluding carboxylic acids is 1. The first-order valence-corrected chi connectivity index (χ1v) is 5.20.